The largest absolute Gasteiger partial charge is 0.373 e. The molecule has 0 aromatic carbocycles. The first-order valence-electron chi connectivity index (χ1n) is 5.64. The van der Waals surface area contributed by atoms with Gasteiger partial charge >= 0.3 is 0 Å². The van der Waals surface area contributed by atoms with Gasteiger partial charge < -0.3 is 4.74 Å². The summed E-state index contributed by atoms with van der Waals surface area (Å²) < 4.78 is 5.63. The Hall–Kier alpha value is -0.650. The number of carbonyl (C=O) groups is 1. The van der Waals surface area contributed by atoms with Crippen LogP contribution in [0.2, 0.25) is 0 Å². The van der Waals surface area contributed by atoms with Gasteiger partial charge in [-0.2, -0.15) is 0 Å². The highest BCUT2D eigenvalue weighted by atomic mass is 16.5. The van der Waals surface area contributed by atoms with Crippen LogP contribution in [0.4, 0.5) is 0 Å². The molecule has 5 heteroatoms. The lowest BCUT2D eigenvalue weighted by molar-refractivity contribution is -0.134. The number of nitrogens with zero attached hydrogens (tertiary/aromatic N) is 1. The second-order valence-electron chi connectivity index (χ2n) is 5.68. The average Bonchev–Trinajstić information content (AvgIpc) is 2.14. The molecular formula is C11H23N3O2. The SMILES string of the molecule is CC1(C)CN(CC(C)(C)C(=O)NN)CCO1. The Morgan fingerprint density at radius 1 is 1.56 bits per heavy atom. The maximum absolute atomic E-state index is 11.6. The first kappa shape index (κ1) is 13.4. The van der Waals surface area contributed by atoms with E-state index in [1.807, 2.05) is 13.8 Å². The van der Waals surface area contributed by atoms with Gasteiger partial charge in [0, 0.05) is 19.6 Å². The molecule has 5 nitrogen and oxygen atoms in total. The Balaban J connectivity index is 2.57. The molecule has 0 unspecified atom stereocenters. The lowest BCUT2D eigenvalue weighted by Gasteiger charge is -2.41. The van der Waals surface area contributed by atoms with Crippen molar-refractivity contribution in [1.82, 2.24) is 10.3 Å². The number of nitrogens with one attached hydrogen (secondary N) is 1. The molecule has 1 saturated heterocycles. The van der Waals surface area contributed by atoms with Gasteiger partial charge in [0.25, 0.3) is 0 Å². The van der Waals surface area contributed by atoms with E-state index < -0.39 is 5.41 Å². The second kappa shape index (κ2) is 4.69. The zero-order chi connectivity index (χ0) is 12.4. The molecule has 0 aromatic heterocycles. The summed E-state index contributed by atoms with van der Waals surface area (Å²) in [5, 5.41) is 0. The number of ether oxygens (including phenoxy) is 1. The fourth-order valence-electron chi connectivity index (χ4n) is 2.08. The summed E-state index contributed by atoms with van der Waals surface area (Å²) in [7, 11) is 0. The molecule has 1 aliphatic heterocycles. The number of hydrogen-bond acceptors (Lipinski definition) is 4. The van der Waals surface area contributed by atoms with Crippen molar-refractivity contribution in [3.63, 3.8) is 0 Å². The van der Waals surface area contributed by atoms with E-state index in [-0.39, 0.29) is 11.5 Å². The van der Waals surface area contributed by atoms with Crippen molar-refractivity contribution in [2.24, 2.45) is 11.3 Å². The van der Waals surface area contributed by atoms with Crippen LogP contribution in [0, 0.1) is 5.41 Å². The molecule has 1 fully saturated rings. The first-order chi connectivity index (χ1) is 7.27. The number of morpholine rings is 1. The number of hydrazine groups is 1. The fourth-order valence-corrected chi connectivity index (χ4v) is 2.08. The lowest BCUT2D eigenvalue weighted by Crippen LogP contribution is -2.54. The summed E-state index contributed by atoms with van der Waals surface area (Å²) in [5.41, 5.74) is 1.62. The minimum absolute atomic E-state index is 0.128. The van der Waals surface area contributed by atoms with E-state index in [9.17, 15) is 4.79 Å². The number of nitrogens with two attached hydrogens (primary N) is 1. The Morgan fingerprint density at radius 2 is 2.19 bits per heavy atom. The first-order valence-corrected chi connectivity index (χ1v) is 5.64. The average molecular weight is 229 g/mol. The third kappa shape index (κ3) is 3.43. The maximum atomic E-state index is 11.6. The van der Waals surface area contributed by atoms with Crippen molar-refractivity contribution in [1.29, 1.82) is 0 Å². The summed E-state index contributed by atoms with van der Waals surface area (Å²) in [5.74, 6) is 5.05. The van der Waals surface area contributed by atoms with Gasteiger partial charge in [0.05, 0.1) is 17.6 Å². The molecule has 0 radical (unpaired) electrons. The van der Waals surface area contributed by atoms with Crippen LogP contribution in [0.1, 0.15) is 27.7 Å². The summed E-state index contributed by atoms with van der Waals surface area (Å²) in [6.45, 7) is 11.1. The molecular weight excluding hydrogens is 206 g/mol. The summed E-state index contributed by atoms with van der Waals surface area (Å²) >= 11 is 0. The molecule has 1 heterocycles. The number of hydrogen-bond donors (Lipinski definition) is 2. The van der Waals surface area contributed by atoms with Crippen LogP contribution in [0.15, 0.2) is 0 Å². The molecule has 1 amide bonds. The summed E-state index contributed by atoms with van der Waals surface area (Å²) in [6, 6.07) is 0. The predicted octanol–water partition coefficient (Wildman–Crippen LogP) is 0.113. The standard InChI is InChI=1S/C11H23N3O2/c1-10(2,9(15)13-12)7-14-5-6-16-11(3,4)8-14/h5-8,12H2,1-4H3,(H,13,15). The van der Waals surface area contributed by atoms with Gasteiger partial charge in [-0.3, -0.25) is 15.1 Å². The van der Waals surface area contributed by atoms with Gasteiger partial charge in [0.2, 0.25) is 5.91 Å². The van der Waals surface area contributed by atoms with Gasteiger partial charge in [-0.05, 0) is 27.7 Å². The van der Waals surface area contributed by atoms with E-state index in [0.717, 1.165) is 13.1 Å². The molecule has 0 atom stereocenters. The van der Waals surface area contributed by atoms with Crippen molar-refractivity contribution >= 4 is 5.91 Å². The highest BCUT2D eigenvalue weighted by Gasteiger charge is 2.34. The minimum atomic E-state index is -0.470. The van der Waals surface area contributed by atoms with Crippen molar-refractivity contribution < 1.29 is 9.53 Å². The molecule has 1 rings (SSSR count). The van der Waals surface area contributed by atoms with Crippen LogP contribution < -0.4 is 11.3 Å². The van der Waals surface area contributed by atoms with Crippen LogP contribution in [0.25, 0.3) is 0 Å². The summed E-state index contributed by atoms with van der Waals surface area (Å²) in [6.07, 6.45) is 0. The van der Waals surface area contributed by atoms with Crippen molar-refractivity contribution in [2.75, 3.05) is 26.2 Å². The van der Waals surface area contributed by atoms with Gasteiger partial charge in [-0.25, -0.2) is 5.84 Å². The highest BCUT2D eigenvalue weighted by Crippen LogP contribution is 2.22. The topological polar surface area (TPSA) is 67.6 Å². The van der Waals surface area contributed by atoms with Crippen LogP contribution in [0.5, 0.6) is 0 Å². The molecule has 94 valence electrons. The zero-order valence-corrected chi connectivity index (χ0v) is 10.7. The van der Waals surface area contributed by atoms with E-state index in [4.69, 9.17) is 10.6 Å². The summed E-state index contributed by atoms with van der Waals surface area (Å²) in [4.78, 5) is 13.8. The van der Waals surface area contributed by atoms with E-state index in [0.29, 0.717) is 13.2 Å². The van der Waals surface area contributed by atoms with Crippen LogP contribution >= 0.6 is 0 Å². The monoisotopic (exact) mass is 229 g/mol. The van der Waals surface area contributed by atoms with Gasteiger partial charge in [0.1, 0.15) is 0 Å². The molecule has 0 aromatic rings. The highest BCUT2D eigenvalue weighted by molar-refractivity contribution is 5.81. The fraction of sp³-hybridized carbons (Fsp3) is 0.909. The molecule has 0 spiro atoms. The van der Waals surface area contributed by atoms with Crippen molar-refractivity contribution in [3.05, 3.63) is 0 Å². The zero-order valence-electron chi connectivity index (χ0n) is 10.7. The van der Waals surface area contributed by atoms with Crippen LogP contribution in [0.3, 0.4) is 0 Å². The van der Waals surface area contributed by atoms with E-state index in [1.165, 1.54) is 0 Å². The number of carbonyl (C=O) groups excluding carboxylic acids is 1. The minimum Gasteiger partial charge on any atom is -0.373 e. The van der Waals surface area contributed by atoms with E-state index in [2.05, 4.69) is 24.2 Å². The van der Waals surface area contributed by atoms with Crippen molar-refractivity contribution in [3.8, 4) is 0 Å². The Labute approximate surface area is 97.3 Å². The molecule has 0 aliphatic carbocycles. The third-order valence-electron chi connectivity index (χ3n) is 2.87. The Kier molecular flexibility index (Phi) is 3.93. The van der Waals surface area contributed by atoms with Crippen LogP contribution in [-0.2, 0) is 9.53 Å². The third-order valence-corrected chi connectivity index (χ3v) is 2.87. The quantitative estimate of drug-likeness (QED) is 0.409. The molecule has 3 N–H and O–H groups in total. The number of rotatable bonds is 3. The molecule has 1 aliphatic rings. The predicted molar refractivity (Wildman–Crippen MR) is 62.6 cm³/mol. The van der Waals surface area contributed by atoms with Gasteiger partial charge in [-0.15, -0.1) is 0 Å². The van der Waals surface area contributed by atoms with E-state index in [1.54, 1.807) is 0 Å². The normalized spacial score (nSPS) is 21.8. The molecule has 16 heavy (non-hydrogen) atoms. The number of amides is 1. The van der Waals surface area contributed by atoms with E-state index >= 15 is 0 Å². The van der Waals surface area contributed by atoms with Gasteiger partial charge in [-0.1, -0.05) is 0 Å². The van der Waals surface area contributed by atoms with Crippen LogP contribution in [-0.4, -0.2) is 42.6 Å². The van der Waals surface area contributed by atoms with Gasteiger partial charge in [0.15, 0.2) is 0 Å². The van der Waals surface area contributed by atoms with Crippen molar-refractivity contribution in [2.45, 2.75) is 33.3 Å². The molecule has 0 bridgehead atoms. The Morgan fingerprint density at radius 3 is 2.69 bits per heavy atom. The smallest absolute Gasteiger partial charge is 0.240 e. The maximum Gasteiger partial charge on any atom is 0.240 e. The second-order valence-corrected chi connectivity index (χ2v) is 5.68. The Bertz CT molecular complexity index is 264. The molecule has 0 saturated carbocycles. The lowest BCUT2D eigenvalue weighted by atomic mass is 9.91.